The van der Waals surface area contributed by atoms with Crippen molar-refractivity contribution in [2.24, 2.45) is 0 Å². The van der Waals surface area contributed by atoms with E-state index in [0.29, 0.717) is 11.9 Å². The Morgan fingerprint density at radius 2 is 2.43 bits per heavy atom. The molecule has 0 amide bonds. The highest BCUT2D eigenvalue weighted by molar-refractivity contribution is 5.85. The summed E-state index contributed by atoms with van der Waals surface area (Å²) in [5.41, 5.74) is 0. The fraction of sp³-hybridized carbons (Fsp3) is 0.778. The zero-order valence-electron chi connectivity index (χ0n) is 8.32. The largest absolute Gasteiger partial charge is 0.340 e. The van der Waals surface area contributed by atoms with E-state index in [4.69, 9.17) is 4.52 Å². The molecule has 5 heteroatoms. The summed E-state index contributed by atoms with van der Waals surface area (Å²) < 4.78 is 4.90. The maximum atomic E-state index is 4.90. The standard InChI is InChI=1S/C9H15N3O.ClH/c1-7-11-9(12-13-7)5-4-8-3-2-6-10-8;/h8,10H,2-6H2,1H3;1H. The van der Waals surface area contributed by atoms with Gasteiger partial charge in [0.2, 0.25) is 5.89 Å². The maximum absolute atomic E-state index is 4.90. The minimum atomic E-state index is 0. The van der Waals surface area contributed by atoms with Crippen molar-refractivity contribution in [2.45, 2.75) is 38.6 Å². The third-order valence-corrected chi connectivity index (χ3v) is 2.45. The summed E-state index contributed by atoms with van der Waals surface area (Å²) in [6, 6.07) is 0.666. The van der Waals surface area contributed by atoms with Crippen LogP contribution in [0.3, 0.4) is 0 Å². The van der Waals surface area contributed by atoms with E-state index < -0.39 is 0 Å². The van der Waals surface area contributed by atoms with Crippen molar-refractivity contribution in [1.29, 1.82) is 0 Å². The van der Waals surface area contributed by atoms with E-state index in [0.717, 1.165) is 25.2 Å². The second-order valence-corrected chi connectivity index (χ2v) is 3.56. The van der Waals surface area contributed by atoms with E-state index in [-0.39, 0.29) is 12.4 Å². The fourth-order valence-electron chi connectivity index (χ4n) is 1.75. The van der Waals surface area contributed by atoms with Crippen LogP contribution in [0.1, 0.15) is 31.0 Å². The molecule has 1 aromatic heterocycles. The van der Waals surface area contributed by atoms with Gasteiger partial charge in [-0.3, -0.25) is 0 Å². The fourth-order valence-corrected chi connectivity index (χ4v) is 1.75. The monoisotopic (exact) mass is 217 g/mol. The van der Waals surface area contributed by atoms with Gasteiger partial charge in [-0.15, -0.1) is 12.4 Å². The topological polar surface area (TPSA) is 51.0 Å². The Bertz CT molecular complexity index is 271. The van der Waals surface area contributed by atoms with E-state index >= 15 is 0 Å². The zero-order valence-corrected chi connectivity index (χ0v) is 9.14. The van der Waals surface area contributed by atoms with Gasteiger partial charge in [-0.05, 0) is 25.8 Å². The first-order valence-corrected chi connectivity index (χ1v) is 4.87. The highest BCUT2D eigenvalue weighted by atomic mass is 35.5. The first-order valence-electron chi connectivity index (χ1n) is 4.87. The summed E-state index contributed by atoms with van der Waals surface area (Å²) >= 11 is 0. The number of hydrogen-bond donors (Lipinski definition) is 1. The molecule has 4 nitrogen and oxygen atoms in total. The average Bonchev–Trinajstić information content (AvgIpc) is 2.71. The van der Waals surface area contributed by atoms with Crippen molar-refractivity contribution in [3.63, 3.8) is 0 Å². The van der Waals surface area contributed by atoms with Crippen LogP contribution in [-0.4, -0.2) is 22.7 Å². The molecule has 0 aliphatic carbocycles. The molecule has 0 aromatic carbocycles. The summed E-state index contributed by atoms with van der Waals surface area (Å²) in [5, 5.41) is 7.31. The molecule has 1 N–H and O–H groups in total. The van der Waals surface area contributed by atoms with Gasteiger partial charge in [0.15, 0.2) is 5.82 Å². The molecule has 1 aliphatic heterocycles. The summed E-state index contributed by atoms with van der Waals surface area (Å²) in [4.78, 5) is 4.17. The van der Waals surface area contributed by atoms with Gasteiger partial charge in [0.05, 0.1) is 0 Å². The van der Waals surface area contributed by atoms with Gasteiger partial charge < -0.3 is 9.84 Å². The summed E-state index contributed by atoms with van der Waals surface area (Å²) in [7, 11) is 0. The van der Waals surface area contributed by atoms with Gasteiger partial charge in [0.1, 0.15) is 0 Å². The third-order valence-electron chi connectivity index (χ3n) is 2.45. The normalized spacial score (nSPS) is 20.8. The molecule has 1 unspecified atom stereocenters. The lowest BCUT2D eigenvalue weighted by molar-refractivity contribution is 0.385. The molecule has 0 radical (unpaired) electrons. The number of nitrogens with zero attached hydrogens (tertiary/aromatic N) is 2. The van der Waals surface area contributed by atoms with Gasteiger partial charge in [-0.1, -0.05) is 5.16 Å². The van der Waals surface area contributed by atoms with Gasteiger partial charge in [-0.25, -0.2) is 0 Å². The lowest BCUT2D eigenvalue weighted by Gasteiger charge is -2.06. The molecule has 2 rings (SSSR count). The average molecular weight is 218 g/mol. The minimum absolute atomic E-state index is 0. The number of aryl methyl sites for hydroxylation is 2. The molecule has 14 heavy (non-hydrogen) atoms. The number of halogens is 1. The second kappa shape index (κ2) is 5.32. The lowest BCUT2D eigenvalue weighted by Crippen LogP contribution is -2.21. The number of rotatable bonds is 3. The summed E-state index contributed by atoms with van der Waals surface area (Å²) in [6.45, 7) is 2.99. The molecule has 1 atom stereocenters. The Balaban J connectivity index is 0.000000980. The van der Waals surface area contributed by atoms with Crippen LogP contribution in [0, 0.1) is 6.92 Å². The van der Waals surface area contributed by atoms with Crippen LogP contribution in [0.2, 0.25) is 0 Å². The number of aromatic nitrogens is 2. The Morgan fingerprint density at radius 3 is 3.00 bits per heavy atom. The van der Waals surface area contributed by atoms with Crippen molar-refractivity contribution in [1.82, 2.24) is 15.5 Å². The van der Waals surface area contributed by atoms with Crippen molar-refractivity contribution in [2.75, 3.05) is 6.54 Å². The Morgan fingerprint density at radius 1 is 1.57 bits per heavy atom. The molecule has 0 spiro atoms. The highest BCUT2D eigenvalue weighted by Gasteiger charge is 2.14. The van der Waals surface area contributed by atoms with Crippen molar-refractivity contribution in [3.8, 4) is 0 Å². The van der Waals surface area contributed by atoms with E-state index in [1.54, 1.807) is 0 Å². The molecule has 80 valence electrons. The predicted octanol–water partition coefficient (Wildman–Crippen LogP) is 1.48. The van der Waals surface area contributed by atoms with Crippen molar-refractivity contribution in [3.05, 3.63) is 11.7 Å². The van der Waals surface area contributed by atoms with Crippen LogP contribution in [-0.2, 0) is 6.42 Å². The first-order chi connectivity index (χ1) is 6.34. The smallest absolute Gasteiger partial charge is 0.223 e. The molecular formula is C9H16ClN3O. The maximum Gasteiger partial charge on any atom is 0.223 e. The van der Waals surface area contributed by atoms with Crippen LogP contribution in [0.4, 0.5) is 0 Å². The molecular weight excluding hydrogens is 202 g/mol. The van der Waals surface area contributed by atoms with Gasteiger partial charge in [-0.2, -0.15) is 4.98 Å². The summed E-state index contributed by atoms with van der Waals surface area (Å²) in [6.07, 6.45) is 4.64. The van der Waals surface area contributed by atoms with Crippen LogP contribution < -0.4 is 5.32 Å². The van der Waals surface area contributed by atoms with Gasteiger partial charge in [0.25, 0.3) is 0 Å². The quantitative estimate of drug-likeness (QED) is 0.834. The lowest BCUT2D eigenvalue weighted by atomic mass is 10.1. The Labute approximate surface area is 89.9 Å². The van der Waals surface area contributed by atoms with E-state index in [1.807, 2.05) is 6.92 Å². The molecule has 1 aliphatic rings. The molecule has 1 saturated heterocycles. The highest BCUT2D eigenvalue weighted by Crippen LogP contribution is 2.11. The minimum Gasteiger partial charge on any atom is -0.340 e. The third kappa shape index (κ3) is 2.96. The van der Waals surface area contributed by atoms with E-state index in [9.17, 15) is 0 Å². The van der Waals surface area contributed by atoms with Gasteiger partial charge >= 0.3 is 0 Å². The predicted molar refractivity (Wildman–Crippen MR) is 55.6 cm³/mol. The van der Waals surface area contributed by atoms with E-state index in [2.05, 4.69) is 15.5 Å². The molecule has 1 fully saturated rings. The van der Waals surface area contributed by atoms with Crippen LogP contribution in [0.25, 0.3) is 0 Å². The first kappa shape index (κ1) is 11.5. The number of hydrogen-bond acceptors (Lipinski definition) is 4. The second-order valence-electron chi connectivity index (χ2n) is 3.56. The van der Waals surface area contributed by atoms with Crippen LogP contribution in [0.5, 0.6) is 0 Å². The Kier molecular flexibility index (Phi) is 4.35. The molecule has 1 aromatic rings. The molecule has 2 heterocycles. The Hall–Kier alpha value is -0.610. The van der Waals surface area contributed by atoms with Crippen LogP contribution in [0.15, 0.2) is 4.52 Å². The summed E-state index contributed by atoms with van der Waals surface area (Å²) in [5.74, 6) is 1.50. The van der Waals surface area contributed by atoms with E-state index in [1.165, 1.54) is 12.8 Å². The SMILES string of the molecule is Cc1nc(CCC2CCCN2)no1.Cl. The van der Waals surface area contributed by atoms with Crippen molar-refractivity contribution >= 4 is 12.4 Å². The van der Waals surface area contributed by atoms with Crippen LogP contribution >= 0.6 is 12.4 Å². The zero-order chi connectivity index (χ0) is 9.10. The number of nitrogens with one attached hydrogen (secondary N) is 1. The van der Waals surface area contributed by atoms with Crippen molar-refractivity contribution < 1.29 is 4.52 Å². The molecule has 0 bridgehead atoms. The van der Waals surface area contributed by atoms with Gasteiger partial charge in [0, 0.05) is 19.4 Å². The molecule has 0 saturated carbocycles.